The smallest absolute Gasteiger partial charge is 0.193 e. The first-order valence-electron chi connectivity index (χ1n) is 5.93. The number of nitrogens with two attached hydrogens (primary N) is 1. The van der Waals surface area contributed by atoms with Crippen LogP contribution in [0.15, 0.2) is 45.9 Å². The quantitative estimate of drug-likeness (QED) is 0.784. The average Bonchev–Trinajstić information content (AvgIpc) is 2.85. The Kier molecular flexibility index (Phi) is 3.92. The van der Waals surface area contributed by atoms with Gasteiger partial charge in [0, 0.05) is 24.9 Å². The molecule has 2 N–H and O–H groups in total. The number of fused-ring (bicyclic) bond motifs is 1. The molecular weight excluding hydrogens is 278 g/mol. The van der Waals surface area contributed by atoms with Crippen molar-refractivity contribution in [3.05, 3.63) is 52.6 Å². The summed E-state index contributed by atoms with van der Waals surface area (Å²) < 4.78 is 7.26. The summed E-state index contributed by atoms with van der Waals surface area (Å²) in [5.74, 6) is 0.492. The van der Waals surface area contributed by atoms with Crippen molar-refractivity contribution in [3.63, 3.8) is 0 Å². The number of rotatable bonds is 2. The molecule has 2 heterocycles. The number of halogens is 1. The van der Waals surface area contributed by atoms with Gasteiger partial charge in [-0.25, -0.2) is 0 Å². The van der Waals surface area contributed by atoms with E-state index >= 15 is 0 Å². The lowest BCUT2D eigenvalue weighted by atomic mass is 10.1. The fraction of sp³-hybridized carbons (Fsp3) is 0.143. The molecule has 3 rings (SSSR count). The van der Waals surface area contributed by atoms with Gasteiger partial charge in [-0.1, -0.05) is 6.07 Å². The molecule has 1 aromatic carbocycles. The average molecular weight is 292 g/mol. The monoisotopic (exact) mass is 291 g/mol. The molecule has 0 atom stereocenters. The fourth-order valence-corrected chi connectivity index (χ4v) is 2.06. The van der Waals surface area contributed by atoms with Crippen LogP contribution in [0, 0.1) is 0 Å². The van der Waals surface area contributed by atoms with Crippen LogP contribution in [-0.2, 0) is 13.6 Å². The molecular formula is C14H14ClN3O2. The van der Waals surface area contributed by atoms with E-state index in [4.69, 9.17) is 10.2 Å². The Morgan fingerprint density at radius 2 is 2.10 bits per heavy atom. The molecule has 0 aliphatic heterocycles. The van der Waals surface area contributed by atoms with Gasteiger partial charge in [0.05, 0.1) is 18.1 Å². The molecule has 0 aliphatic rings. The van der Waals surface area contributed by atoms with Gasteiger partial charge in [0.15, 0.2) is 5.43 Å². The third kappa shape index (κ3) is 2.45. The number of aryl methyl sites for hydroxylation is 1. The summed E-state index contributed by atoms with van der Waals surface area (Å²) >= 11 is 0. The van der Waals surface area contributed by atoms with Gasteiger partial charge in [0.25, 0.3) is 0 Å². The summed E-state index contributed by atoms with van der Waals surface area (Å²) in [7, 11) is 1.85. The summed E-state index contributed by atoms with van der Waals surface area (Å²) in [6, 6.07) is 6.95. The van der Waals surface area contributed by atoms with E-state index in [1.807, 2.05) is 25.4 Å². The molecule has 0 spiro atoms. The molecule has 20 heavy (non-hydrogen) atoms. The van der Waals surface area contributed by atoms with Gasteiger partial charge < -0.3 is 10.2 Å². The summed E-state index contributed by atoms with van der Waals surface area (Å²) in [4.78, 5) is 12.0. The zero-order chi connectivity index (χ0) is 13.4. The van der Waals surface area contributed by atoms with E-state index in [-0.39, 0.29) is 24.4 Å². The van der Waals surface area contributed by atoms with Gasteiger partial charge in [-0.05, 0) is 17.7 Å². The van der Waals surface area contributed by atoms with Gasteiger partial charge in [-0.3, -0.25) is 9.48 Å². The Balaban J connectivity index is 0.00000147. The molecule has 0 fully saturated rings. The number of benzene rings is 1. The highest BCUT2D eigenvalue weighted by molar-refractivity contribution is 5.85. The highest BCUT2D eigenvalue weighted by atomic mass is 35.5. The van der Waals surface area contributed by atoms with Crippen LogP contribution in [0.2, 0.25) is 0 Å². The molecule has 0 saturated heterocycles. The van der Waals surface area contributed by atoms with E-state index in [2.05, 4.69) is 5.10 Å². The lowest BCUT2D eigenvalue weighted by Crippen LogP contribution is -2.05. The SMILES string of the molecule is Cl.Cn1cc(-c2ccc3oc(CN)cc(=O)c3c2)cn1. The Morgan fingerprint density at radius 1 is 1.30 bits per heavy atom. The van der Waals surface area contributed by atoms with Crippen LogP contribution in [-0.4, -0.2) is 9.78 Å². The molecule has 0 radical (unpaired) electrons. The molecule has 6 heteroatoms. The summed E-state index contributed by atoms with van der Waals surface area (Å²) in [5, 5.41) is 4.68. The van der Waals surface area contributed by atoms with Crippen LogP contribution in [0.25, 0.3) is 22.1 Å². The van der Waals surface area contributed by atoms with E-state index in [0.29, 0.717) is 16.7 Å². The highest BCUT2D eigenvalue weighted by Gasteiger charge is 2.07. The van der Waals surface area contributed by atoms with E-state index in [9.17, 15) is 4.79 Å². The highest BCUT2D eigenvalue weighted by Crippen LogP contribution is 2.22. The lowest BCUT2D eigenvalue weighted by molar-refractivity contribution is 0.539. The molecule has 104 valence electrons. The van der Waals surface area contributed by atoms with E-state index < -0.39 is 0 Å². The van der Waals surface area contributed by atoms with Crippen LogP contribution >= 0.6 is 12.4 Å². The number of hydrogen-bond donors (Lipinski definition) is 1. The molecule has 2 aromatic heterocycles. The van der Waals surface area contributed by atoms with Crippen LogP contribution in [0.3, 0.4) is 0 Å². The number of hydrogen-bond acceptors (Lipinski definition) is 4. The van der Waals surface area contributed by atoms with E-state index in [1.165, 1.54) is 6.07 Å². The zero-order valence-electron chi connectivity index (χ0n) is 10.9. The van der Waals surface area contributed by atoms with Crippen molar-refractivity contribution >= 4 is 23.4 Å². The van der Waals surface area contributed by atoms with Gasteiger partial charge in [-0.2, -0.15) is 5.10 Å². The van der Waals surface area contributed by atoms with Gasteiger partial charge >= 0.3 is 0 Å². The minimum absolute atomic E-state index is 0. The Bertz CT molecular complexity index is 808. The predicted molar refractivity (Wildman–Crippen MR) is 79.8 cm³/mol. The van der Waals surface area contributed by atoms with Crippen LogP contribution in [0.5, 0.6) is 0 Å². The second-order valence-electron chi connectivity index (χ2n) is 4.39. The summed E-state index contributed by atoms with van der Waals surface area (Å²) in [6.07, 6.45) is 3.66. The van der Waals surface area contributed by atoms with Crippen molar-refractivity contribution in [3.8, 4) is 11.1 Å². The van der Waals surface area contributed by atoms with Crippen LogP contribution < -0.4 is 11.2 Å². The second kappa shape index (κ2) is 5.48. The van der Waals surface area contributed by atoms with Crippen molar-refractivity contribution in [1.82, 2.24) is 9.78 Å². The van der Waals surface area contributed by atoms with Gasteiger partial charge in [-0.15, -0.1) is 12.4 Å². The molecule has 3 aromatic rings. The maximum atomic E-state index is 12.0. The van der Waals surface area contributed by atoms with Gasteiger partial charge in [0.1, 0.15) is 11.3 Å². The first-order valence-corrected chi connectivity index (χ1v) is 5.93. The van der Waals surface area contributed by atoms with Crippen molar-refractivity contribution in [2.24, 2.45) is 12.8 Å². The Morgan fingerprint density at radius 3 is 2.75 bits per heavy atom. The van der Waals surface area contributed by atoms with Crippen molar-refractivity contribution < 1.29 is 4.42 Å². The molecule has 0 aliphatic carbocycles. The molecule has 0 unspecified atom stereocenters. The summed E-state index contributed by atoms with van der Waals surface area (Å²) in [6.45, 7) is 0.218. The van der Waals surface area contributed by atoms with E-state index in [1.54, 1.807) is 16.9 Å². The standard InChI is InChI=1S/C14H13N3O2.ClH/c1-17-8-10(7-16-17)9-2-3-14-12(4-9)13(18)5-11(6-15)19-14;/h2-5,7-8H,6,15H2,1H3;1H. The number of aromatic nitrogens is 2. The normalized spacial score (nSPS) is 10.5. The van der Waals surface area contributed by atoms with E-state index in [0.717, 1.165) is 11.1 Å². The third-order valence-corrected chi connectivity index (χ3v) is 3.02. The first-order chi connectivity index (χ1) is 9.17. The molecule has 5 nitrogen and oxygen atoms in total. The van der Waals surface area contributed by atoms with Crippen LogP contribution in [0.4, 0.5) is 0 Å². The second-order valence-corrected chi connectivity index (χ2v) is 4.39. The van der Waals surface area contributed by atoms with Crippen molar-refractivity contribution in [2.45, 2.75) is 6.54 Å². The summed E-state index contributed by atoms with van der Waals surface area (Å²) in [5.41, 5.74) is 7.87. The fourth-order valence-electron chi connectivity index (χ4n) is 2.06. The van der Waals surface area contributed by atoms with Crippen molar-refractivity contribution in [2.75, 3.05) is 0 Å². The lowest BCUT2D eigenvalue weighted by Gasteiger charge is -2.02. The predicted octanol–water partition coefficient (Wildman–Crippen LogP) is 2.07. The van der Waals surface area contributed by atoms with Crippen LogP contribution in [0.1, 0.15) is 5.76 Å². The Hall–Kier alpha value is -2.11. The number of nitrogens with zero attached hydrogens (tertiary/aromatic N) is 2. The largest absolute Gasteiger partial charge is 0.459 e. The van der Waals surface area contributed by atoms with Crippen molar-refractivity contribution in [1.29, 1.82) is 0 Å². The minimum Gasteiger partial charge on any atom is -0.459 e. The third-order valence-electron chi connectivity index (χ3n) is 3.02. The maximum Gasteiger partial charge on any atom is 0.193 e. The first kappa shape index (κ1) is 14.3. The topological polar surface area (TPSA) is 74.1 Å². The maximum absolute atomic E-state index is 12.0. The molecule has 0 saturated carbocycles. The van der Waals surface area contributed by atoms with Gasteiger partial charge in [0.2, 0.25) is 0 Å². The minimum atomic E-state index is -0.0764. The molecule has 0 bridgehead atoms. The molecule has 0 amide bonds. The Labute approximate surface area is 121 Å². The zero-order valence-corrected chi connectivity index (χ0v) is 11.7.